The van der Waals surface area contributed by atoms with Crippen molar-refractivity contribution in [3.05, 3.63) is 40.6 Å². The van der Waals surface area contributed by atoms with E-state index in [2.05, 4.69) is 6.92 Å². The largest absolute Gasteiger partial charge is 0.219 e. The first kappa shape index (κ1) is 22.3. The van der Waals surface area contributed by atoms with E-state index >= 15 is 0 Å². The first-order chi connectivity index (χ1) is 12.1. The lowest BCUT2D eigenvalue weighted by molar-refractivity contribution is 0.563. The predicted octanol–water partition coefficient (Wildman–Crippen LogP) is 6.89. The number of unbranched alkanes of at least 4 members (excludes halogenated alkanes) is 9. The number of hydrogen-bond donors (Lipinski definition) is 0. The maximum Gasteiger partial charge on any atom is 0.200 e. The van der Waals surface area contributed by atoms with Crippen LogP contribution in [0.1, 0.15) is 76.7 Å². The molecule has 0 aliphatic heterocycles. The molecule has 0 unspecified atom stereocenters. The van der Waals surface area contributed by atoms with Gasteiger partial charge in [-0.15, -0.1) is 11.8 Å². The molecule has 0 atom stereocenters. The second-order valence-electron chi connectivity index (χ2n) is 6.68. The first-order valence-corrected chi connectivity index (χ1v) is 12.3. The summed E-state index contributed by atoms with van der Waals surface area (Å²) in [4.78, 5) is 0.369. The van der Waals surface area contributed by atoms with E-state index in [1.54, 1.807) is 29.3 Å². The first-order valence-electron chi connectivity index (χ1n) is 9.66. The van der Waals surface area contributed by atoms with Gasteiger partial charge in [0, 0.05) is 5.41 Å². The van der Waals surface area contributed by atoms with Crippen molar-refractivity contribution in [3.8, 4) is 0 Å². The van der Waals surface area contributed by atoms with E-state index in [4.69, 9.17) is 0 Å². The van der Waals surface area contributed by atoms with Gasteiger partial charge in [-0.05, 0) is 36.6 Å². The molecule has 0 aromatic heterocycles. The Labute approximate surface area is 159 Å². The molecule has 2 nitrogen and oxygen atoms in total. The van der Waals surface area contributed by atoms with Crippen molar-refractivity contribution in [2.24, 2.45) is 0 Å². The van der Waals surface area contributed by atoms with Crippen LogP contribution in [-0.4, -0.2) is 14.2 Å². The highest BCUT2D eigenvalue weighted by Crippen LogP contribution is 2.16. The molecule has 0 aliphatic rings. The highest BCUT2D eigenvalue weighted by Gasteiger charge is 2.08. The topological polar surface area (TPSA) is 34.1 Å². The molecule has 25 heavy (non-hydrogen) atoms. The number of sulfone groups is 1. The molecule has 4 heteroatoms. The molecule has 0 saturated carbocycles. The third kappa shape index (κ3) is 10.8. The SMILES string of the molecule is CCCCCCCCCCCCS/C=C\S(=O)(=O)c1ccc(C)cc1. The van der Waals surface area contributed by atoms with E-state index in [1.807, 2.05) is 19.1 Å². The van der Waals surface area contributed by atoms with E-state index in [0.717, 1.165) is 17.7 Å². The molecule has 1 aromatic carbocycles. The molecule has 142 valence electrons. The van der Waals surface area contributed by atoms with Crippen molar-refractivity contribution in [1.29, 1.82) is 0 Å². The van der Waals surface area contributed by atoms with Crippen LogP contribution in [0.2, 0.25) is 0 Å². The van der Waals surface area contributed by atoms with E-state index in [0.29, 0.717) is 4.90 Å². The minimum atomic E-state index is -3.29. The molecule has 0 aliphatic carbocycles. The molecule has 0 saturated heterocycles. The average molecular weight is 383 g/mol. The Kier molecular flexibility index (Phi) is 12.0. The Balaban J connectivity index is 2.05. The van der Waals surface area contributed by atoms with Crippen LogP contribution in [0, 0.1) is 6.92 Å². The summed E-state index contributed by atoms with van der Waals surface area (Å²) in [5.41, 5.74) is 1.07. The van der Waals surface area contributed by atoms with Gasteiger partial charge in [0.05, 0.1) is 4.90 Å². The molecular weight excluding hydrogens is 348 g/mol. The Morgan fingerprint density at radius 3 is 1.92 bits per heavy atom. The van der Waals surface area contributed by atoms with Crippen molar-refractivity contribution in [2.45, 2.75) is 83.0 Å². The summed E-state index contributed by atoms with van der Waals surface area (Å²) < 4.78 is 24.3. The smallest absolute Gasteiger partial charge is 0.200 e. The van der Waals surface area contributed by atoms with Gasteiger partial charge in [-0.2, -0.15) is 0 Å². The van der Waals surface area contributed by atoms with E-state index in [1.165, 1.54) is 63.2 Å². The number of hydrogen-bond acceptors (Lipinski definition) is 3. The lowest BCUT2D eigenvalue weighted by atomic mass is 10.1. The molecule has 0 amide bonds. The number of thioether (sulfide) groups is 1. The minimum absolute atomic E-state index is 0.369. The third-order valence-corrected chi connectivity index (χ3v) is 6.74. The average Bonchev–Trinajstić information content (AvgIpc) is 2.59. The molecule has 0 bridgehead atoms. The fraction of sp³-hybridized carbons (Fsp3) is 0.619. The summed E-state index contributed by atoms with van der Waals surface area (Å²) in [5, 5.41) is 3.06. The Bertz CT molecular complexity index is 574. The summed E-state index contributed by atoms with van der Waals surface area (Å²) in [6.45, 7) is 4.21. The van der Waals surface area contributed by atoms with Gasteiger partial charge < -0.3 is 0 Å². The summed E-state index contributed by atoms with van der Waals surface area (Å²) in [5.74, 6) is 0.996. The minimum Gasteiger partial charge on any atom is -0.219 e. The Hall–Kier alpha value is -0.740. The van der Waals surface area contributed by atoms with Gasteiger partial charge >= 0.3 is 0 Å². The van der Waals surface area contributed by atoms with Gasteiger partial charge in [0.1, 0.15) is 0 Å². The lowest BCUT2D eigenvalue weighted by Crippen LogP contribution is -1.95. The highest BCUT2D eigenvalue weighted by molar-refractivity contribution is 8.03. The Morgan fingerprint density at radius 1 is 0.840 bits per heavy atom. The molecule has 0 spiro atoms. The van der Waals surface area contributed by atoms with Gasteiger partial charge in [-0.3, -0.25) is 0 Å². The van der Waals surface area contributed by atoms with Crippen LogP contribution >= 0.6 is 11.8 Å². The monoisotopic (exact) mass is 382 g/mol. The molecular formula is C21H34O2S2. The van der Waals surface area contributed by atoms with Crippen LogP contribution in [0.3, 0.4) is 0 Å². The number of aryl methyl sites for hydroxylation is 1. The maximum absolute atomic E-state index is 12.1. The van der Waals surface area contributed by atoms with Crippen LogP contribution in [0.15, 0.2) is 40.0 Å². The zero-order valence-electron chi connectivity index (χ0n) is 15.9. The Morgan fingerprint density at radius 2 is 1.36 bits per heavy atom. The lowest BCUT2D eigenvalue weighted by Gasteiger charge is -2.02. The van der Waals surface area contributed by atoms with Crippen LogP contribution in [0.4, 0.5) is 0 Å². The molecule has 1 rings (SSSR count). The maximum atomic E-state index is 12.1. The van der Waals surface area contributed by atoms with Crippen molar-refractivity contribution in [1.82, 2.24) is 0 Å². The van der Waals surface area contributed by atoms with Gasteiger partial charge in [-0.1, -0.05) is 82.4 Å². The predicted molar refractivity (Wildman–Crippen MR) is 112 cm³/mol. The second-order valence-corrected chi connectivity index (χ2v) is 9.53. The third-order valence-electron chi connectivity index (χ3n) is 4.30. The van der Waals surface area contributed by atoms with Gasteiger partial charge in [0.15, 0.2) is 9.84 Å². The summed E-state index contributed by atoms with van der Waals surface area (Å²) in [6.07, 6.45) is 13.3. The zero-order chi connectivity index (χ0) is 18.4. The van der Waals surface area contributed by atoms with Crippen LogP contribution in [0.25, 0.3) is 0 Å². The standard InChI is InChI=1S/C21H34O2S2/c1-3-4-5-6-7-8-9-10-11-12-17-24-18-19-25(22,23)21-15-13-20(2)14-16-21/h13-16,18-19H,3-12,17H2,1-2H3/b19-18-. The summed E-state index contributed by atoms with van der Waals surface area (Å²) >= 11 is 1.60. The van der Waals surface area contributed by atoms with Crippen LogP contribution in [-0.2, 0) is 9.84 Å². The second kappa shape index (κ2) is 13.5. The zero-order valence-corrected chi connectivity index (χ0v) is 17.5. The molecule has 0 N–H and O–H groups in total. The van der Waals surface area contributed by atoms with Crippen molar-refractivity contribution >= 4 is 21.6 Å². The molecule has 0 heterocycles. The van der Waals surface area contributed by atoms with Gasteiger partial charge in [0.25, 0.3) is 0 Å². The number of rotatable bonds is 14. The summed E-state index contributed by atoms with van der Waals surface area (Å²) in [7, 11) is -3.29. The highest BCUT2D eigenvalue weighted by atomic mass is 32.2. The quantitative estimate of drug-likeness (QED) is 0.328. The molecule has 1 aromatic rings. The van der Waals surface area contributed by atoms with Crippen molar-refractivity contribution in [2.75, 3.05) is 5.75 Å². The summed E-state index contributed by atoms with van der Waals surface area (Å²) in [6, 6.07) is 7.00. The molecule has 0 fully saturated rings. The number of benzene rings is 1. The van der Waals surface area contributed by atoms with E-state index in [-0.39, 0.29) is 0 Å². The molecule has 0 radical (unpaired) electrons. The fourth-order valence-electron chi connectivity index (χ4n) is 2.66. The van der Waals surface area contributed by atoms with Crippen molar-refractivity contribution in [3.63, 3.8) is 0 Å². The van der Waals surface area contributed by atoms with Gasteiger partial charge in [-0.25, -0.2) is 8.42 Å². The van der Waals surface area contributed by atoms with Crippen LogP contribution < -0.4 is 0 Å². The fourth-order valence-corrected chi connectivity index (χ4v) is 4.74. The van der Waals surface area contributed by atoms with Crippen molar-refractivity contribution < 1.29 is 8.42 Å². The normalized spacial score (nSPS) is 12.1. The van der Waals surface area contributed by atoms with Gasteiger partial charge in [0.2, 0.25) is 0 Å². The van der Waals surface area contributed by atoms with E-state index in [9.17, 15) is 8.42 Å². The van der Waals surface area contributed by atoms with Crippen LogP contribution in [0.5, 0.6) is 0 Å². The van der Waals surface area contributed by atoms with E-state index < -0.39 is 9.84 Å².